The monoisotopic (exact) mass is 355 g/mol. The summed E-state index contributed by atoms with van der Waals surface area (Å²) in [7, 11) is 1.74. The van der Waals surface area contributed by atoms with Crippen molar-refractivity contribution in [3.63, 3.8) is 0 Å². The third kappa shape index (κ3) is 3.71. The summed E-state index contributed by atoms with van der Waals surface area (Å²) in [6.07, 6.45) is 0.619. The third-order valence-corrected chi connectivity index (χ3v) is 4.45. The molecule has 1 aliphatic heterocycles. The molecule has 1 aromatic carbocycles. The number of likely N-dealkylation sites (N-methyl/N-ethyl adjacent to an activating group) is 1. The molecule has 0 radical (unpaired) electrons. The van der Waals surface area contributed by atoms with E-state index in [0.29, 0.717) is 18.8 Å². The second kappa shape index (κ2) is 6.82. The molecule has 26 heavy (non-hydrogen) atoms. The Kier molecular flexibility index (Phi) is 4.71. The molecule has 0 saturated carbocycles. The number of amides is 3. The van der Waals surface area contributed by atoms with Gasteiger partial charge in [0.05, 0.1) is 11.4 Å². The van der Waals surface area contributed by atoms with Crippen LogP contribution in [0.2, 0.25) is 0 Å². The van der Waals surface area contributed by atoms with Crippen LogP contribution in [0.3, 0.4) is 0 Å². The predicted octanol–water partition coefficient (Wildman–Crippen LogP) is 2.52. The van der Waals surface area contributed by atoms with Crippen molar-refractivity contribution >= 4 is 17.8 Å². The van der Waals surface area contributed by atoms with Crippen molar-refractivity contribution in [1.82, 2.24) is 20.0 Å². The molecule has 3 amide bonds. The Bertz CT molecular complexity index is 807. The summed E-state index contributed by atoms with van der Waals surface area (Å²) in [5.41, 5.74) is 1.57. The van der Waals surface area contributed by atoms with Gasteiger partial charge in [-0.3, -0.25) is 10.1 Å². The Morgan fingerprint density at radius 2 is 1.92 bits per heavy atom. The summed E-state index contributed by atoms with van der Waals surface area (Å²) in [4.78, 5) is 26.0. The molecule has 0 spiro atoms. The molecular formula is C19H25N5O2. The van der Waals surface area contributed by atoms with E-state index in [1.807, 2.05) is 36.4 Å². The lowest BCUT2D eigenvalue weighted by atomic mass is 9.92. The standard InChI is InChI=1S/C19H25N5O2/c1-19(2,3)15-12-16(24(22-15)13-8-6-5-7-9-13)21-18(26)20-14-10-11-23(4)17(14)25/h5-9,12,14H,10-11H2,1-4H3,(H2,20,21,26)/t14-/m1/s1. The zero-order valence-corrected chi connectivity index (χ0v) is 15.6. The fraction of sp³-hybridized carbons (Fsp3) is 0.421. The molecule has 0 aliphatic carbocycles. The first-order valence-electron chi connectivity index (χ1n) is 8.74. The molecule has 138 valence electrons. The zero-order valence-electron chi connectivity index (χ0n) is 15.6. The lowest BCUT2D eigenvalue weighted by Gasteiger charge is -2.14. The average Bonchev–Trinajstić information content (AvgIpc) is 3.14. The number of nitrogens with zero attached hydrogens (tertiary/aromatic N) is 3. The van der Waals surface area contributed by atoms with Gasteiger partial charge in [-0.2, -0.15) is 5.10 Å². The minimum Gasteiger partial charge on any atom is -0.344 e. The number of para-hydroxylation sites is 1. The number of hydrogen-bond acceptors (Lipinski definition) is 3. The number of benzene rings is 1. The molecule has 7 heteroatoms. The van der Waals surface area contributed by atoms with E-state index in [1.165, 1.54) is 0 Å². The summed E-state index contributed by atoms with van der Waals surface area (Å²) in [6.45, 7) is 6.87. The molecule has 0 unspecified atom stereocenters. The van der Waals surface area contributed by atoms with Crippen molar-refractivity contribution in [2.24, 2.45) is 0 Å². The van der Waals surface area contributed by atoms with Crippen molar-refractivity contribution in [2.75, 3.05) is 18.9 Å². The van der Waals surface area contributed by atoms with Crippen LogP contribution in [0.1, 0.15) is 32.9 Å². The fourth-order valence-electron chi connectivity index (χ4n) is 2.87. The number of aromatic nitrogens is 2. The molecule has 1 saturated heterocycles. The molecule has 1 aromatic heterocycles. The molecule has 1 atom stereocenters. The van der Waals surface area contributed by atoms with E-state index in [4.69, 9.17) is 0 Å². The highest BCUT2D eigenvalue weighted by Gasteiger charge is 2.30. The van der Waals surface area contributed by atoms with Gasteiger partial charge in [0, 0.05) is 25.1 Å². The summed E-state index contributed by atoms with van der Waals surface area (Å²) in [5, 5.41) is 10.3. The van der Waals surface area contributed by atoms with E-state index < -0.39 is 12.1 Å². The number of carbonyl (C=O) groups is 2. The second-order valence-corrected chi connectivity index (χ2v) is 7.61. The zero-order chi connectivity index (χ0) is 18.9. The molecule has 7 nitrogen and oxygen atoms in total. The Labute approximate surface area is 153 Å². The Morgan fingerprint density at radius 1 is 1.23 bits per heavy atom. The molecule has 2 N–H and O–H groups in total. The van der Waals surface area contributed by atoms with Gasteiger partial charge >= 0.3 is 6.03 Å². The number of anilines is 1. The van der Waals surface area contributed by atoms with Crippen LogP contribution in [0.25, 0.3) is 5.69 Å². The van der Waals surface area contributed by atoms with Crippen LogP contribution < -0.4 is 10.6 Å². The molecule has 0 bridgehead atoms. The number of nitrogens with one attached hydrogen (secondary N) is 2. The first-order valence-corrected chi connectivity index (χ1v) is 8.74. The second-order valence-electron chi connectivity index (χ2n) is 7.61. The molecular weight excluding hydrogens is 330 g/mol. The highest BCUT2D eigenvalue weighted by Crippen LogP contribution is 2.26. The van der Waals surface area contributed by atoms with E-state index in [1.54, 1.807) is 16.6 Å². The van der Waals surface area contributed by atoms with Gasteiger partial charge in [-0.05, 0) is 18.6 Å². The highest BCUT2D eigenvalue weighted by atomic mass is 16.2. The number of rotatable bonds is 3. The van der Waals surface area contributed by atoms with Crippen molar-refractivity contribution in [3.8, 4) is 5.69 Å². The van der Waals surface area contributed by atoms with Crippen molar-refractivity contribution in [2.45, 2.75) is 38.6 Å². The summed E-state index contributed by atoms with van der Waals surface area (Å²) in [6, 6.07) is 10.6. The van der Waals surface area contributed by atoms with E-state index in [0.717, 1.165) is 11.4 Å². The van der Waals surface area contributed by atoms with Gasteiger partial charge in [-0.1, -0.05) is 39.0 Å². The maximum Gasteiger partial charge on any atom is 0.321 e. The number of carbonyl (C=O) groups excluding carboxylic acids is 2. The van der Waals surface area contributed by atoms with E-state index in [2.05, 4.69) is 36.5 Å². The van der Waals surface area contributed by atoms with E-state index in [9.17, 15) is 9.59 Å². The summed E-state index contributed by atoms with van der Waals surface area (Å²) in [5.74, 6) is 0.504. The smallest absolute Gasteiger partial charge is 0.321 e. The Hall–Kier alpha value is -2.83. The van der Waals surface area contributed by atoms with Crippen LogP contribution in [-0.4, -0.2) is 46.3 Å². The topological polar surface area (TPSA) is 79.3 Å². The highest BCUT2D eigenvalue weighted by molar-refractivity contribution is 5.94. The number of urea groups is 1. The van der Waals surface area contributed by atoms with Gasteiger partial charge < -0.3 is 10.2 Å². The van der Waals surface area contributed by atoms with Gasteiger partial charge in [0.15, 0.2) is 0 Å². The predicted molar refractivity (Wildman–Crippen MR) is 100 cm³/mol. The van der Waals surface area contributed by atoms with E-state index in [-0.39, 0.29) is 11.3 Å². The van der Waals surface area contributed by atoms with Crippen molar-refractivity contribution in [3.05, 3.63) is 42.1 Å². The number of hydrogen-bond donors (Lipinski definition) is 2. The Morgan fingerprint density at radius 3 is 2.50 bits per heavy atom. The summed E-state index contributed by atoms with van der Waals surface area (Å²) < 4.78 is 1.71. The molecule has 2 heterocycles. The van der Waals surface area contributed by atoms with Gasteiger partial charge in [0.2, 0.25) is 5.91 Å². The SMILES string of the molecule is CN1CC[C@@H](NC(=O)Nc2cc(C(C)(C)C)nn2-c2ccccc2)C1=O. The summed E-state index contributed by atoms with van der Waals surface area (Å²) >= 11 is 0. The molecule has 2 aromatic rings. The van der Waals surface area contributed by atoms with Crippen LogP contribution in [0.4, 0.5) is 10.6 Å². The van der Waals surface area contributed by atoms with Crippen LogP contribution in [0, 0.1) is 0 Å². The maximum atomic E-state index is 12.4. The molecule has 1 aliphatic rings. The van der Waals surface area contributed by atoms with Crippen molar-refractivity contribution < 1.29 is 9.59 Å². The average molecular weight is 355 g/mol. The van der Waals surface area contributed by atoms with Gasteiger partial charge in [0.25, 0.3) is 0 Å². The Balaban J connectivity index is 1.83. The lowest BCUT2D eigenvalue weighted by Crippen LogP contribution is -2.42. The molecule has 1 fully saturated rings. The van der Waals surface area contributed by atoms with E-state index >= 15 is 0 Å². The number of likely N-dealkylation sites (tertiary alicyclic amines) is 1. The first-order chi connectivity index (χ1) is 12.3. The minimum absolute atomic E-state index is 0.0629. The van der Waals surface area contributed by atoms with Crippen LogP contribution >= 0.6 is 0 Å². The van der Waals surface area contributed by atoms with Gasteiger partial charge in [0.1, 0.15) is 11.9 Å². The van der Waals surface area contributed by atoms with Crippen LogP contribution in [0.5, 0.6) is 0 Å². The maximum absolute atomic E-state index is 12.4. The van der Waals surface area contributed by atoms with Crippen molar-refractivity contribution in [1.29, 1.82) is 0 Å². The molecule has 3 rings (SSSR count). The lowest BCUT2D eigenvalue weighted by molar-refractivity contribution is -0.128. The van der Waals surface area contributed by atoms with Crippen LogP contribution in [0.15, 0.2) is 36.4 Å². The fourth-order valence-corrected chi connectivity index (χ4v) is 2.87. The quantitative estimate of drug-likeness (QED) is 0.888. The van der Waals surface area contributed by atoms with Crippen LogP contribution in [-0.2, 0) is 10.2 Å². The normalized spacial score (nSPS) is 17.5. The minimum atomic E-state index is -0.477. The third-order valence-electron chi connectivity index (χ3n) is 4.45. The van der Waals surface area contributed by atoms with Gasteiger partial charge in [-0.15, -0.1) is 0 Å². The van der Waals surface area contributed by atoms with Gasteiger partial charge in [-0.25, -0.2) is 9.48 Å². The first kappa shape index (κ1) is 18.0. The largest absolute Gasteiger partial charge is 0.344 e.